The summed E-state index contributed by atoms with van der Waals surface area (Å²) in [7, 11) is 1.47. The summed E-state index contributed by atoms with van der Waals surface area (Å²) in [6.07, 6.45) is -0.662. The highest BCUT2D eigenvalue weighted by molar-refractivity contribution is 9.10. The van der Waals surface area contributed by atoms with Crippen molar-refractivity contribution >= 4 is 21.8 Å². The Hall–Kier alpha value is -0.980. The van der Waals surface area contributed by atoms with Gasteiger partial charge in [0.1, 0.15) is 5.82 Å². The molecule has 0 fully saturated rings. The summed E-state index contributed by atoms with van der Waals surface area (Å²) in [5, 5.41) is 11.9. The summed E-state index contributed by atoms with van der Waals surface area (Å²) in [4.78, 5) is 11.5. The van der Waals surface area contributed by atoms with Gasteiger partial charge in [-0.2, -0.15) is 0 Å². The Balaban J connectivity index is 2.42. The van der Waals surface area contributed by atoms with Crippen molar-refractivity contribution in [3.8, 4) is 0 Å². The molecule has 100 valence electrons. The molecule has 18 heavy (non-hydrogen) atoms. The topological polar surface area (TPSA) is 58.6 Å². The number of hydrogen-bond acceptors (Lipinski definition) is 3. The zero-order valence-electron chi connectivity index (χ0n) is 9.95. The summed E-state index contributed by atoms with van der Waals surface area (Å²) in [5.41, 5.74) is 0.578. The first-order valence-corrected chi connectivity index (χ1v) is 6.20. The lowest BCUT2D eigenvalue weighted by atomic mass is 10.1. The third-order valence-electron chi connectivity index (χ3n) is 2.24. The van der Waals surface area contributed by atoms with Crippen LogP contribution in [0.4, 0.5) is 4.39 Å². The Morgan fingerprint density at radius 1 is 1.61 bits per heavy atom. The number of rotatable bonds is 6. The number of aliphatic hydroxyl groups excluding tert-OH is 1. The number of methoxy groups -OCH3 is 1. The molecule has 0 saturated carbocycles. The van der Waals surface area contributed by atoms with Crippen molar-refractivity contribution in [3.63, 3.8) is 0 Å². The average molecular weight is 320 g/mol. The van der Waals surface area contributed by atoms with E-state index >= 15 is 0 Å². The van der Waals surface area contributed by atoms with Crippen molar-refractivity contribution in [2.45, 2.75) is 12.5 Å². The fourth-order valence-electron chi connectivity index (χ4n) is 1.38. The Labute approximate surface area is 113 Å². The molecule has 0 aliphatic carbocycles. The fraction of sp³-hybridized carbons (Fsp3) is 0.417. The molecule has 1 rings (SSSR count). The van der Waals surface area contributed by atoms with Crippen LogP contribution in [-0.2, 0) is 16.0 Å². The van der Waals surface area contributed by atoms with Gasteiger partial charge in [0.05, 0.1) is 23.6 Å². The van der Waals surface area contributed by atoms with Crippen LogP contribution in [0.3, 0.4) is 0 Å². The Morgan fingerprint density at radius 3 is 2.94 bits per heavy atom. The predicted molar refractivity (Wildman–Crippen MR) is 68.7 cm³/mol. The summed E-state index contributed by atoms with van der Waals surface area (Å²) in [5.74, 6) is -0.674. The maximum atomic E-state index is 13.2. The number of aliphatic hydroxyl groups is 1. The monoisotopic (exact) mass is 319 g/mol. The van der Waals surface area contributed by atoms with E-state index < -0.39 is 11.9 Å². The number of nitrogens with one attached hydrogen (secondary N) is 1. The van der Waals surface area contributed by atoms with E-state index in [2.05, 4.69) is 21.2 Å². The van der Waals surface area contributed by atoms with Crippen molar-refractivity contribution in [2.75, 3.05) is 20.3 Å². The molecule has 4 nitrogen and oxygen atoms in total. The zero-order chi connectivity index (χ0) is 13.5. The SMILES string of the molecule is COC[C@H](O)CNC(=O)Cc1ccc(Br)c(F)c1. The van der Waals surface area contributed by atoms with Gasteiger partial charge in [-0.25, -0.2) is 4.39 Å². The van der Waals surface area contributed by atoms with E-state index in [0.29, 0.717) is 10.0 Å². The number of amides is 1. The van der Waals surface area contributed by atoms with Crippen LogP contribution in [0.2, 0.25) is 0 Å². The maximum absolute atomic E-state index is 13.2. The molecule has 1 amide bonds. The average Bonchev–Trinajstić information content (AvgIpc) is 2.32. The lowest BCUT2D eigenvalue weighted by Crippen LogP contribution is -2.35. The first-order valence-electron chi connectivity index (χ1n) is 5.40. The lowest BCUT2D eigenvalue weighted by molar-refractivity contribution is -0.121. The van der Waals surface area contributed by atoms with Crippen molar-refractivity contribution < 1.29 is 19.0 Å². The standard InChI is InChI=1S/C12H15BrFNO3/c1-18-7-9(16)6-15-12(17)5-8-2-3-10(13)11(14)4-8/h2-4,9,16H,5-7H2,1H3,(H,15,17)/t9-/m1/s1. The minimum Gasteiger partial charge on any atom is -0.389 e. The van der Waals surface area contributed by atoms with Gasteiger partial charge in [-0.15, -0.1) is 0 Å². The van der Waals surface area contributed by atoms with Gasteiger partial charge < -0.3 is 15.2 Å². The Kier molecular flexibility index (Phi) is 6.24. The van der Waals surface area contributed by atoms with Gasteiger partial charge in [-0.3, -0.25) is 4.79 Å². The molecule has 0 heterocycles. The molecule has 0 aliphatic rings. The van der Waals surface area contributed by atoms with Gasteiger partial charge in [0.2, 0.25) is 5.91 Å². The van der Waals surface area contributed by atoms with Crippen LogP contribution >= 0.6 is 15.9 Å². The van der Waals surface area contributed by atoms with Gasteiger partial charge in [0, 0.05) is 13.7 Å². The molecule has 0 spiro atoms. The number of carbonyl (C=O) groups is 1. The molecule has 0 radical (unpaired) electrons. The van der Waals surface area contributed by atoms with Gasteiger partial charge >= 0.3 is 0 Å². The van der Waals surface area contributed by atoms with Crippen LogP contribution in [0.1, 0.15) is 5.56 Å². The number of benzene rings is 1. The molecule has 0 aromatic heterocycles. The van der Waals surface area contributed by atoms with E-state index in [9.17, 15) is 14.3 Å². The highest BCUT2D eigenvalue weighted by Gasteiger charge is 2.08. The second-order valence-electron chi connectivity index (χ2n) is 3.84. The van der Waals surface area contributed by atoms with Gasteiger partial charge in [-0.05, 0) is 33.6 Å². The summed E-state index contributed by atoms with van der Waals surface area (Å²) in [6, 6.07) is 4.52. The normalized spacial score (nSPS) is 12.2. The van der Waals surface area contributed by atoms with Gasteiger partial charge in [0.25, 0.3) is 0 Å². The predicted octanol–water partition coefficient (Wildman–Crippen LogP) is 1.25. The summed E-state index contributed by atoms with van der Waals surface area (Å²) in [6.45, 7) is 0.277. The lowest BCUT2D eigenvalue weighted by Gasteiger charge is -2.10. The molecule has 1 aromatic rings. The number of carbonyl (C=O) groups excluding carboxylic acids is 1. The molecular formula is C12H15BrFNO3. The van der Waals surface area contributed by atoms with Crippen LogP contribution in [0.25, 0.3) is 0 Å². The molecule has 0 aliphatic heterocycles. The molecule has 6 heteroatoms. The van der Waals surface area contributed by atoms with Gasteiger partial charge in [-0.1, -0.05) is 6.07 Å². The Morgan fingerprint density at radius 2 is 2.33 bits per heavy atom. The molecule has 0 bridgehead atoms. The summed E-state index contributed by atoms with van der Waals surface area (Å²) < 4.78 is 18.3. The van der Waals surface area contributed by atoms with E-state index in [1.165, 1.54) is 13.2 Å². The zero-order valence-corrected chi connectivity index (χ0v) is 11.5. The van der Waals surface area contributed by atoms with E-state index in [-0.39, 0.29) is 25.5 Å². The first-order chi connectivity index (χ1) is 8.52. The van der Waals surface area contributed by atoms with Crippen LogP contribution in [0.5, 0.6) is 0 Å². The van der Waals surface area contributed by atoms with E-state index in [1.54, 1.807) is 12.1 Å². The fourth-order valence-corrected chi connectivity index (χ4v) is 1.63. The van der Waals surface area contributed by atoms with Crippen LogP contribution in [0.15, 0.2) is 22.7 Å². The molecular weight excluding hydrogens is 305 g/mol. The molecule has 1 atom stereocenters. The first kappa shape index (κ1) is 15.1. The van der Waals surface area contributed by atoms with Crippen LogP contribution < -0.4 is 5.32 Å². The second-order valence-corrected chi connectivity index (χ2v) is 4.69. The third-order valence-corrected chi connectivity index (χ3v) is 2.89. The third kappa shape index (κ3) is 5.12. The minimum absolute atomic E-state index is 0.0733. The second kappa shape index (κ2) is 7.45. The van der Waals surface area contributed by atoms with Crippen molar-refractivity contribution in [2.24, 2.45) is 0 Å². The summed E-state index contributed by atoms with van der Waals surface area (Å²) >= 11 is 3.04. The maximum Gasteiger partial charge on any atom is 0.224 e. The van der Waals surface area contributed by atoms with Crippen molar-refractivity contribution in [1.29, 1.82) is 0 Å². The van der Waals surface area contributed by atoms with Gasteiger partial charge in [0.15, 0.2) is 0 Å². The van der Waals surface area contributed by atoms with Crippen molar-refractivity contribution in [3.05, 3.63) is 34.1 Å². The van der Waals surface area contributed by atoms with E-state index in [4.69, 9.17) is 4.74 Å². The van der Waals surface area contributed by atoms with Crippen LogP contribution in [0, 0.1) is 5.82 Å². The quantitative estimate of drug-likeness (QED) is 0.829. The number of hydrogen-bond donors (Lipinski definition) is 2. The van der Waals surface area contributed by atoms with Crippen molar-refractivity contribution in [1.82, 2.24) is 5.32 Å². The highest BCUT2D eigenvalue weighted by atomic mass is 79.9. The van der Waals surface area contributed by atoms with E-state index in [0.717, 1.165) is 0 Å². The molecule has 2 N–H and O–H groups in total. The minimum atomic E-state index is -0.736. The molecule has 0 unspecified atom stereocenters. The number of ether oxygens (including phenoxy) is 1. The smallest absolute Gasteiger partial charge is 0.224 e. The van der Waals surface area contributed by atoms with Crippen LogP contribution in [-0.4, -0.2) is 37.4 Å². The highest BCUT2D eigenvalue weighted by Crippen LogP contribution is 2.16. The number of halogens is 2. The largest absolute Gasteiger partial charge is 0.389 e. The molecule has 1 aromatic carbocycles. The molecule has 0 saturated heterocycles. The van der Waals surface area contributed by atoms with E-state index in [1.807, 2.05) is 0 Å². The Bertz CT molecular complexity index is 414.